The van der Waals surface area contributed by atoms with E-state index in [1.165, 1.54) is 4.90 Å². The van der Waals surface area contributed by atoms with Gasteiger partial charge < -0.3 is 5.32 Å². The lowest BCUT2D eigenvalue weighted by Gasteiger charge is -2.45. The number of hydrogen-bond acceptors (Lipinski definition) is 3. The third kappa shape index (κ3) is 3.14. The molecule has 5 nitrogen and oxygen atoms in total. The van der Waals surface area contributed by atoms with Gasteiger partial charge in [-0.05, 0) is 58.5 Å². The van der Waals surface area contributed by atoms with Gasteiger partial charge in [-0.3, -0.25) is 14.4 Å². The Morgan fingerprint density at radius 1 is 0.711 bits per heavy atom. The Balaban J connectivity index is 1.26. The fraction of sp³-hybridized carbons (Fsp3) is 0.182. The van der Waals surface area contributed by atoms with Crippen molar-refractivity contribution in [3.8, 4) is 0 Å². The first-order chi connectivity index (χ1) is 18.6. The molecule has 2 atom stereocenters. The molecular formula is C33H26N2O3. The lowest BCUT2D eigenvalue weighted by atomic mass is 9.55. The summed E-state index contributed by atoms with van der Waals surface area (Å²) in [5, 5.41) is 2.99. The molecule has 1 aliphatic heterocycles. The van der Waals surface area contributed by atoms with E-state index in [4.69, 9.17) is 0 Å². The molecule has 0 spiro atoms. The molecule has 3 aliphatic carbocycles. The van der Waals surface area contributed by atoms with E-state index in [1.54, 1.807) is 24.3 Å². The summed E-state index contributed by atoms with van der Waals surface area (Å²) in [4.78, 5) is 42.5. The standard InChI is InChI=1S/C33H26N2O3/c1-2-19-10-3-8-17-26(19)34-31(36)20-11-9-12-21(18-20)35-32(37)29-27-22-13-4-5-14-23(22)28(30(29)33(35)38)25-16-7-6-15-24(25)27/h3-18,27-30H,2H2,1H3,(H,34,36)/t27?,28?,29-,30-/m1/s1. The van der Waals surface area contributed by atoms with Crippen molar-refractivity contribution in [2.45, 2.75) is 25.2 Å². The Bertz CT molecular complexity index is 1530. The molecule has 1 N–H and O–H groups in total. The number of anilines is 2. The van der Waals surface area contributed by atoms with Crippen molar-refractivity contribution in [3.63, 3.8) is 0 Å². The highest BCUT2D eigenvalue weighted by molar-refractivity contribution is 6.23. The predicted molar refractivity (Wildman–Crippen MR) is 146 cm³/mol. The molecule has 4 aliphatic rings. The van der Waals surface area contributed by atoms with Gasteiger partial charge >= 0.3 is 0 Å². The summed E-state index contributed by atoms with van der Waals surface area (Å²) in [7, 11) is 0. The Kier molecular flexibility index (Phi) is 5.08. The normalized spacial score (nSPS) is 22.6. The molecule has 38 heavy (non-hydrogen) atoms. The maximum Gasteiger partial charge on any atom is 0.255 e. The van der Waals surface area contributed by atoms with Crippen molar-refractivity contribution in [2.75, 3.05) is 10.2 Å². The number of benzene rings is 4. The van der Waals surface area contributed by atoms with Crippen LogP contribution in [0.25, 0.3) is 0 Å². The van der Waals surface area contributed by atoms with Crippen molar-refractivity contribution < 1.29 is 14.4 Å². The minimum atomic E-state index is -0.453. The topological polar surface area (TPSA) is 66.5 Å². The first-order valence-electron chi connectivity index (χ1n) is 13.1. The SMILES string of the molecule is CCc1ccccc1NC(=O)c1cccc(N2C(=O)[C@@H]3C4c5ccccc5C(c5ccccc54)[C@H]3C2=O)c1. The number of nitrogens with one attached hydrogen (secondary N) is 1. The summed E-state index contributed by atoms with van der Waals surface area (Å²) in [6.45, 7) is 2.04. The third-order valence-electron chi connectivity index (χ3n) is 8.46. The summed E-state index contributed by atoms with van der Waals surface area (Å²) in [5.41, 5.74) is 7.21. The molecule has 5 heteroatoms. The van der Waals surface area contributed by atoms with Gasteiger partial charge in [0.15, 0.2) is 0 Å². The van der Waals surface area contributed by atoms with E-state index < -0.39 is 11.8 Å². The van der Waals surface area contributed by atoms with Crippen LogP contribution in [-0.2, 0) is 16.0 Å². The van der Waals surface area contributed by atoms with Crippen LogP contribution in [0.15, 0.2) is 97.1 Å². The molecule has 0 saturated carbocycles. The summed E-state index contributed by atoms with van der Waals surface area (Å²) < 4.78 is 0. The average Bonchev–Trinajstić information content (AvgIpc) is 3.23. The molecule has 4 aromatic carbocycles. The zero-order chi connectivity index (χ0) is 26.0. The first kappa shape index (κ1) is 22.7. The van der Waals surface area contributed by atoms with E-state index in [0.717, 1.165) is 39.9 Å². The number of rotatable bonds is 4. The highest BCUT2D eigenvalue weighted by Crippen LogP contribution is 2.61. The monoisotopic (exact) mass is 498 g/mol. The smallest absolute Gasteiger partial charge is 0.255 e. The summed E-state index contributed by atoms with van der Waals surface area (Å²) in [6.07, 6.45) is 0.795. The summed E-state index contributed by atoms with van der Waals surface area (Å²) in [5.74, 6) is -1.87. The van der Waals surface area contributed by atoms with Gasteiger partial charge in [0.1, 0.15) is 0 Å². The van der Waals surface area contributed by atoms with Gasteiger partial charge in [-0.1, -0.05) is 79.7 Å². The second-order valence-electron chi connectivity index (χ2n) is 10.3. The van der Waals surface area contributed by atoms with E-state index in [9.17, 15) is 14.4 Å². The zero-order valence-corrected chi connectivity index (χ0v) is 20.9. The van der Waals surface area contributed by atoms with Gasteiger partial charge in [-0.25, -0.2) is 4.90 Å². The number of aryl methyl sites for hydroxylation is 1. The molecule has 8 rings (SSSR count). The van der Waals surface area contributed by atoms with Crippen LogP contribution < -0.4 is 10.2 Å². The molecule has 1 saturated heterocycles. The van der Waals surface area contributed by atoms with Crippen LogP contribution in [0, 0.1) is 11.8 Å². The van der Waals surface area contributed by atoms with Crippen LogP contribution in [-0.4, -0.2) is 17.7 Å². The van der Waals surface area contributed by atoms with Gasteiger partial charge in [0.2, 0.25) is 11.8 Å². The Morgan fingerprint density at radius 2 is 1.24 bits per heavy atom. The lowest BCUT2D eigenvalue weighted by Crippen LogP contribution is -2.41. The molecule has 1 heterocycles. The minimum Gasteiger partial charge on any atom is -0.322 e. The highest BCUT2D eigenvalue weighted by Gasteiger charge is 2.61. The molecule has 2 bridgehead atoms. The minimum absolute atomic E-state index is 0.157. The maximum atomic E-state index is 14.0. The van der Waals surface area contributed by atoms with Crippen LogP contribution in [0.1, 0.15) is 56.9 Å². The third-order valence-corrected chi connectivity index (χ3v) is 8.46. The second kappa shape index (κ2) is 8.52. The van der Waals surface area contributed by atoms with Gasteiger partial charge in [-0.2, -0.15) is 0 Å². The quantitative estimate of drug-likeness (QED) is 0.357. The Hall–Kier alpha value is -4.51. The van der Waals surface area contributed by atoms with E-state index in [0.29, 0.717) is 11.3 Å². The molecule has 0 unspecified atom stereocenters. The number of imide groups is 1. The van der Waals surface area contributed by atoms with E-state index in [-0.39, 0.29) is 29.6 Å². The van der Waals surface area contributed by atoms with Crippen LogP contribution in [0.2, 0.25) is 0 Å². The number of nitrogens with zero attached hydrogens (tertiary/aromatic N) is 1. The van der Waals surface area contributed by atoms with Gasteiger partial charge in [-0.15, -0.1) is 0 Å². The molecular weight excluding hydrogens is 472 g/mol. The van der Waals surface area contributed by atoms with Crippen LogP contribution in [0.4, 0.5) is 11.4 Å². The van der Waals surface area contributed by atoms with Crippen molar-refractivity contribution in [1.82, 2.24) is 0 Å². The molecule has 1 fully saturated rings. The second-order valence-corrected chi connectivity index (χ2v) is 10.3. The molecule has 3 amide bonds. The average molecular weight is 499 g/mol. The maximum absolute atomic E-state index is 14.0. The molecule has 0 radical (unpaired) electrons. The predicted octanol–water partition coefficient (Wildman–Crippen LogP) is 5.90. The van der Waals surface area contributed by atoms with E-state index >= 15 is 0 Å². The lowest BCUT2D eigenvalue weighted by molar-refractivity contribution is -0.122. The fourth-order valence-corrected chi connectivity index (χ4v) is 6.86. The number of para-hydroxylation sites is 1. The number of amides is 3. The largest absolute Gasteiger partial charge is 0.322 e. The summed E-state index contributed by atoms with van der Waals surface area (Å²) in [6, 6.07) is 31.0. The molecule has 4 aromatic rings. The van der Waals surface area contributed by atoms with Crippen molar-refractivity contribution in [2.24, 2.45) is 11.8 Å². The van der Waals surface area contributed by atoms with Gasteiger partial charge in [0.05, 0.1) is 17.5 Å². The summed E-state index contributed by atoms with van der Waals surface area (Å²) >= 11 is 0. The van der Waals surface area contributed by atoms with Crippen LogP contribution >= 0.6 is 0 Å². The first-order valence-corrected chi connectivity index (χ1v) is 13.1. The number of carbonyl (C=O) groups excluding carboxylic acids is 3. The van der Waals surface area contributed by atoms with Crippen molar-refractivity contribution in [1.29, 1.82) is 0 Å². The van der Waals surface area contributed by atoms with E-state index in [1.807, 2.05) is 55.5 Å². The number of hydrogen-bond donors (Lipinski definition) is 1. The Labute approximate surface area is 221 Å². The van der Waals surface area contributed by atoms with Crippen LogP contribution in [0.3, 0.4) is 0 Å². The van der Waals surface area contributed by atoms with Crippen molar-refractivity contribution >= 4 is 29.1 Å². The molecule has 0 aromatic heterocycles. The van der Waals surface area contributed by atoms with Gasteiger partial charge in [0.25, 0.3) is 5.91 Å². The van der Waals surface area contributed by atoms with Crippen LogP contribution in [0.5, 0.6) is 0 Å². The zero-order valence-electron chi connectivity index (χ0n) is 20.9. The number of carbonyl (C=O) groups is 3. The fourth-order valence-electron chi connectivity index (χ4n) is 6.86. The van der Waals surface area contributed by atoms with E-state index in [2.05, 4.69) is 29.6 Å². The van der Waals surface area contributed by atoms with Crippen molar-refractivity contribution in [3.05, 3.63) is 130 Å². The van der Waals surface area contributed by atoms with Gasteiger partial charge in [0, 0.05) is 23.1 Å². The molecule has 186 valence electrons. The Morgan fingerprint density at radius 3 is 1.79 bits per heavy atom. The highest BCUT2D eigenvalue weighted by atomic mass is 16.2.